The topological polar surface area (TPSA) is 29.5 Å². The maximum Gasteiger partial charge on any atom is 0.126 e. The molecule has 1 atom stereocenters. The van der Waals surface area contributed by atoms with Gasteiger partial charge >= 0.3 is 0 Å². The highest BCUT2D eigenvalue weighted by molar-refractivity contribution is 9.10. The van der Waals surface area contributed by atoms with Crippen LogP contribution < -0.4 is 4.74 Å². The molecule has 1 aromatic heterocycles. The Morgan fingerprint density at radius 3 is 2.62 bits per heavy atom. The average molecular weight is 363 g/mol. The standard InChI is InChI=1S/C17H15BrO2S/c1-20-17-7-6-14(13-4-2-3-5-15(13)17)16(19)9-12-8-11(18)10-21-12/h2-8,10,16,19H,9H2,1H3. The number of aliphatic hydroxyl groups is 1. The summed E-state index contributed by atoms with van der Waals surface area (Å²) in [6, 6.07) is 13.9. The van der Waals surface area contributed by atoms with Gasteiger partial charge in [0.05, 0.1) is 13.2 Å². The largest absolute Gasteiger partial charge is 0.496 e. The summed E-state index contributed by atoms with van der Waals surface area (Å²) in [6.45, 7) is 0. The lowest BCUT2D eigenvalue weighted by Crippen LogP contribution is -2.02. The SMILES string of the molecule is COc1ccc(C(O)Cc2cc(Br)cs2)c2ccccc12. The summed E-state index contributed by atoms with van der Waals surface area (Å²) >= 11 is 5.10. The van der Waals surface area contributed by atoms with Gasteiger partial charge < -0.3 is 9.84 Å². The van der Waals surface area contributed by atoms with Crippen molar-refractivity contribution in [1.82, 2.24) is 0 Å². The van der Waals surface area contributed by atoms with Gasteiger partial charge in [0, 0.05) is 26.5 Å². The van der Waals surface area contributed by atoms with E-state index in [2.05, 4.69) is 22.0 Å². The molecule has 0 radical (unpaired) electrons. The van der Waals surface area contributed by atoms with Crippen molar-refractivity contribution >= 4 is 38.0 Å². The first kappa shape index (κ1) is 14.6. The number of methoxy groups -OCH3 is 1. The molecule has 0 amide bonds. The number of halogens is 1. The van der Waals surface area contributed by atoms with Gasteiger partial charge in [0.15, 0.2) is 0 Å². The van der Waals surface area contributed by atoms with E-state index in [4.69, 9.17) is 4.74 Å². The molecule has 108 valence electrons. The highest BCUT2D eigenvalue weighted by Gasteiger charge is 2.15. The summed E-state index contributed by atoms with van der Waals surface area (Å²) in [4.78, 5) is 1.16. The van der Waals surface area contributed by atoms with E-state index in [1.54, 1.807) is 18.4 Å². The zero-order valence-electron chi connectivity index (χ0n) is 11.5. The Kier molecular flexibility index (Phi) is 4.29. The molecular formula is C17H15BrO2S. The molecule has 0 aliphatic carbocycles. The van der Waals surface area contributed by atoms with Gasteiger partial charge in [-0.15, -0.1) is 11.3 Å². The third-order valence-electron chi connectivity index (χ3n) is 3.51. The Labute approximate surface area is 136 Å². The molecule has 0 saturated carbocycles. The van der Waals surface area contributed by atoms with Crippen LogP contribution in [0.1, 0.15) is 16.5 Å². The van der Waals surface area contributed by atoms with Crippen LogP contribution in [0.2, 0.25) is 0 Å². The first-order chi connectivity index (χ1) is 10.2. The predicted molar refractivity (Wildman–Crippen MR) is 91.2 cm³/mol. The number of rotatable bonds is 4. The van der Waals surface area contributed by atoms with E-state index >= 15 is 0 Å². The highest BCUT2D eigenvalue weighted by atomic mass is 79.9. The number of thiophene rings is 1. The lowest BCUT2D eigenvalue weighted by molar-refractivity contribution is 0.181. The molecule has 3 rings (SSSR count). The second-order valence-corrected chi connectivity index (χ2v) is 6.77. The molecule has 0 saturated heterocycles. The van der Waals surface area contributed by atoms with Gasteiger partial charge in [0.25, 0.3) is 0 Å². The van der Waals surface area contributed by atoms with Crippen molar-refractivity contribution in [2.24, 2.45) is 0 Å². The van der Waals surface area contributed by atoms with Crippen LogP contribution in [0.25, 0.3) is 10.8 Å². The minimum atomic E-state index is -0.522. The molecule has 0 aliphatic rings. The lowest BCUT2D eigenvalue weighted by atomic mass is 9.97. The van der Waals surface area contributed by atoms with E-state index in [0.717, 1.165) is 31.4 Å². The van der Waals surface area contributed by atoms with E-state index in [9.17, 15) is 5.11 Å². The minimum Gasteiger partial charge on any atom is -0.496 e. The summed E-state index contributed by atoms with van der Waals surface area (Å²) in [5.74, 6) is 0.834. The molecule has 1 heterocycles. The van der Waals surface area contributed by atoms with Gasteiger partial charge in [-0.3, -0.25) is 0 Å². The third-order valence-corrected chi connectivity index (χ3v) is 5.23. The van der Waals surface area contributed by atoms with Crippen molar-refractivity contribution in [1.29, 1.82) is 0 Å². The Morgan fingerprint density at radius 1 is 1.19 bits per heavy atom. The summed E-state index contributed by atoms with van der Waals surface area (Å²) in [6.07, 6.45) is 0.0958. The molecular weight excluding hydrogens is 348 g/mol. The fourth-order valence-corrected chi connectivity index (χ4v) is 4.01. The van der Waals surface area contributed by atoms with Gasteiger partial charge in [-0.05, 0) is 39.0 Å². The third kappa shape index (κ3) is 2.98. The van der Waals surface area contributed by atoms with Crippen LogP contribution in [0.15, 0.2) is 52.3 Å². The summed E-state index contributed by atoms with van der Waals surface area (Å²) in [7, 11) is 1.67. The van der Waals surface area contributed by atoms with Crippen LogP contribution in [0.4, 0.5) is 0 Å². The normalized spacial score (nSPS) is 12.5. The second-order valence-electron chi connectivity index (χ2n) is 4.85. The monoisotopic (exact) mass is 362 g/mol. The van der Waals surface area contributed by atoms with Gasteiger partial charge in [-0.1, -0.05) is 30.3 Å². The van der Waals surface area contributed by atoms with E-state index in [-0.39, 0.29) is 0 Å². The molecule has 0 spiro atoms. The van der Waals surface area contributed by atoms with E-state index in [0.29, 0.717) is 6.42 Å². The van der Waals surface area contributed by atoms with Crippen LogP contribution in [-0.4, -0.2) is 12.2 Å². The predicted octanol–water partition coefficient (Wildman–Crippen LogP) is 4.95. The molecule has 21 heavy (non-hydrogen) atoms. The van der Waals surface area contributed by atoms with Crippen LogP contribution in [0.5, 0.6) is 5.75 Å². The molecule has 4 heteroatoms. The van der Waals surface area contributed by atoms with Crippen molar-refractivity contribution in [2.75, 3.05) is 7.11 Å². The second kappa shape index (κ2) is 6.18. The van der Waals surface area contributed by atoms with Crippen LogP contribution >= 0.6 is 27.3 Å². The maximum atomic E-state index is 10.6. The Balaban J connectivity index is 2.00. The van der Waals surface area contributed by atoms with E-state index in [1.807, 2.05) is 41.8 Å². The van der Waals surface area contributed by atoms with Crippen LogP contribution in [0, 0.1) is 0 Å². The average Bonchev–Trinajstić information content (AvgIpc) is 2.91. The number of fused-ring (bicyclic) bond motifs is 1. The summed E-state index contributed by atoms with van der Waals surface area (Å²) in [5, 5.41) is 14.7. The summed E-state index contributed by atoms with van der Waals surface area (Å²) < 4.78 is 6.46. The maximum absolute atomic E-state index is 10.6. The van der Waals surface area contributed by atoms with E-state index < -0.39 is 6.10 Å². The zero-order chi connectivity index (χ0) is 14.8. The molecule has 3 aromatic rings. The number of aliphatic hydroxyl groups excluding tert-OH is 1. The Morgan fingerprint density at radius 2 is 1.95 bits per heavy atom. The molecule has 2 aromatic carbocycles. The zero-order valence-corrected chi connectivity index (χ0v) is 13.9. The van der Waals surface area contributed by atoms with Crippen molar-refractivity contribution in [3.8, 4) is 5.75 Å². The van der Waals surface area contributed by atoms with Crippen molar-refractivity contribution in [3.63, 3.8) is 0 Å². The number of hydrogen-bond donors (Lipinski definition) is 1. The fraction of sp³-hybridized carbons (Fsp3) is 0.176. The Hall–Kier alpha value is -1.36. The van der Waals surface area contributed by atoms with Gasteiger partial charge in [0.2, 0.25) is 0 Å². The van der Waals surface area contributed by atoms with Crippen molar-refractivity contribution in [2.45, 2.75) is 12.5 Å². The first-order valence-corrected chi connectivity index (χ1v) is 8.33. The van der Waals surface area contributed by atoms with Gasteiger partial charge in [-0.2, -0.15) is 0 Å². The Bertz CT molecular complexity index is 766. The molecule has 0 bridgehead atoms. The van der Waals surface area contributed by atoms with Crippen LogP contribution in [0.3, 0.4) is 0 Å². The molecule has 1 unspecified atom stereocenters. The number of benzene rings is 2. The molecule has 1 N–H and O–H groups in total. The summed E-state index contributed by atoms with van der Waals surface area (Å²) in [5.41, 5.74) is 0.941. The molecule has 0 aliphatic heterocycles. The van der Waals surface area contributed by atoms with E-state index in [1.165, 1.54) is 0 Å². The minimum absolute atomic E-state index is 0.522. The van der Waals surface area contributed by atoms with Crippen LogP contribution in [-0.2, 0) is 6.42 Å². The number of ether oxygens (including phenoxy) is 1. The molecule has 2 nitrogen and oxygen atoms in total. The van der Waals surface area contributed by atoms with Gasteiger partial charge in [-0.25, -0.2) is 0 Å². The fourth-order valence-electron chi connectivity index (χ4n) is 2.52. The lowest BCUT2D eigenvalue weighted by Gasteiger charge is -2.15. The highest BCUT2D eigenvalue weighted by Crippen LogP contribution is 2.33. The smallest absolute Gasteiger partial charge is 0.126 e. The van der Waals surface area contributed by atoms with Crippen molar-refractivity contribution < 1.29 is 9.84 Å². The first-order valence-electron chi connectivity index (χ1n) is 6.65. The number of hydrogen-bond acceptors (Lipinski definition) is 3. The molecule has 0 fully saturated rings. The quantitative estimate of drug-likeness (QED) is 0.711. The van der Waals surface area contributed by atoms with Gasteiger partial charge in [0.1, 0.15) is 5.75 Å². The van der Waals surface area contributed by atoms with Crippen molar-refractivity contribution in [3.05, 3.63) is 62.8 Å².